The molecule has 0 aliphatic carbocycles. The molecular weight excluding hydrogens is 454 g/mol. The summed E-state index contributed by atoms with van der Waals surface area (Å²) in [6.07, 6.45) is 5.25. The molecule has 4 rings (SSSR count). The molecule has 3 heterocycles. The zero-order valence-electron chi connectivity index (χ0n) is 17.5. The lowest BCUT2D eigenvalue weighted by Gasteiger charge is -2.08. The van der Waals surface area contributed by atoms with Crippen molar-refractivity contribution in [2.24, 2.45) is 5.92 Å². The van der Waals surface area contributed by atoms with Gasteiger partial charge in [-0.1, -0.05) is 38.1 Å². The smallest absolute Gasteiger partial charge is 0.258 e. The van der Waals surface area contributed by atoms with Gasteiger partial charge >= 0.3 is 0 Å². The fourth-order valence-corrected chi connectivity index (χ4v) is 3.94. The Morgan fingerprint density at radius 2 is 2.06 bits per heavy atom. The lowest BCUT2D eigenvalue weighted by atomic mass is 10.1. The maximum atomic E-state index is 12.7. The number of carbonyl (C=O) groups excluding carboxylic acids is 1. The van der Waals surface area contributed by atoms with Crippen molar-refractivity contribution >= 4 is 38.7 Å². The number of halogens is 1. The Morgan fingerprint density at radius 3 is 2.77 bits per heavy atom. The number of carbonyl (C=O) groups is 1. The van der Waals surface area contributed by atoms with Gasteiger partial charge in [0.25, 0.3) is 5.91 Å². The number of fused-ring (bicyclic) bond motifs is 1. The van der Waals surface area contributed by atoms with E-state index in [0.29, 0.717) is 17.3 Å². The van der Waals surface area contributed by atoms with Crippen LogP contribution in [0.4, 0.5) is 5.82 Å². The molecule has 0 saturated carbocycles. The van der Waals surface area contributed by atoms with E-state index in [2.05, 4.69) is 46.1 Å². The van der Waals surface area contributed by atoms with Gasteiger partial charge in [-0.05, 0) is 59.0 Å². The summed E-state index contributed by atoms with van der Waals surface area (Å²) in [5.41, 5.74) is 3.05. The summed E-state index contributed by atoms with van der Waals surface area (Å²) < 4.78 is 2.73. The third kappa shape index (κ3) is 4.82. The normalized spacial score (nSPS) is 11.2. The molecule has 3 aromatic heterocycles. The summed E-state index contributed by atoms with van der Waals surface area (Å²) in [7, 11) is 0. The van der Waals surface area contributed by atoms with Gasteiger partial charge in [-0.15, -0.1) is 0 Å². The molecule has 157 valence electrons. The molecule has 6 nitrogen and oxygen atoms in total. The second-order valence-electron chi connectivity index (χ2n) is 7.78. The number of hydrogen-bond acceptors (Lipinski definition) is 4. The van der Waals surface area contributed by atoms with E-state index in [1.165, 1.54) is 6.20 Å². The monoisotopic (exact) mass is 476 g/mol. The lowest BCUT2D eigenvalue weighted by Crippen LogP contribution is -2.13. The largest absolute Gasteiger partial charge is 0.304 e. The third-order valence-corrected chi connectivity index (χ3v) is 5.58. The van der Waals surface area contributed by atoms with Gasteiger partial charge < -0.3 is 5.32 Å². The minimum absolute atomic E-state index is 0.249. The van der Waals surface area contributed by atoms with Crippen molar-refractivity contribution in [1.29, 1.82) is 0 Å². The first-order chi connectivity index (χ1) is 15.0. The Bertz CT molecular complexity index is 1190. The summed E-state index contributed by atoms with van der Waals surface area (Å²) in [6.45, 7) is 5.15. The summed E-state index contributed by atoms with van der Waals surface area (Å²) in [4.78, 5) is 21.6. The zero-order valence-corrected chi connectivity index (χ0v) is 19.1. The molecule has 0 aliphatic rings. The molecule has 0 fully saturated rings. The minimum atomic E-state index is -0.249. The van der Waals surface area contributed by atoms with Crippen LogP contribution in [0.25, 0.3) is 22.3 Å². The maximum Gasteiger partial charge on any atom is 0.258 e. The number of benzene rings is 1. The summed E-state index contributed by atoms with van der Waals surface area (Å²) in [5, 5.41) is 8.42. The van der Waals surface area contributed by atoms with Crippen molar-refractivity contribution in [2.75, 3.05) is 5.32 Å². The van der Waals surface area contributed by atoms with Crippen LogP contribution in [0, 0.1) is 12.0 Å². The number of amides is 1. The van der Waals surface area contributed by atoms with Crippen LogP contribution in [0.2, 0.25) is 0 Å². The Morgan fingerprint density at radius 1 is 1.26 bits per heavy atom. The highest BCUT2D eigenvalue weighted by Crippen LogP contribution is 2.33. The predicted molar refractivity (Wildman–Crippen MR) is 126 cm³/mol. The fourth-order valence-electron chi connectivity index (χ4n) is 3.39. The van der Waals surface area contributed by atoms with Gasteiger partial charge in [0.2, 0.25) is 0 Å². The zero-order chi connectivity index (χ0) is 21.8. The average Bonchev–Trinajstić information content (AvgIpc) is 3.10. The van der Waals surface area contributed by atoms with Gasteiger partial charge in [0, 0.05) is 29.0 Å². The van der Waals surface area contributed by atoms with Gasteiger partial charge in [0.15, 0.2) is 11.5 Å². The summed E-state index contributed by atoms with van der Waals surface area (Å²) >= 11 is 3.65. The van der Waals surface area contributed by atoms with Crippen LogP contribution in [0.3, 0.4) is 0 Å². The second kappa shape index (κ2) is 9.39. The first-order valence-electron chi connectivity index (χ1n) is 10.3. The second-order valence-corrected chi connectivity index (χ2v) is 8.64. The van der Waals surface area contributed by atoms with Crippen molar-refractivity contribution in [3.05, 3.63) is 71.0 Å². The summed E-state index contributed by atoms with van der Waals surface area (Å²) in [6, 6.07) is 16.2. The predicted octanol–water partition coefficient (Wildman–Crippen LogP) is 5.74. The Hall–Kier alpha value is -3.06. The molecule has 4 aromatic rings. The van der Waals surface area contributed by atoms with Crippen LogP contribution in [0.5, 0.6) is 0 Å². The maximum absolute atomic E-state index is 12.7. The number of aryl methyl sites for hydroxylation is 1. The van der Waals surface area contributed by atoms with Gasteiger partial charge in [0.05, 0.1) is 16.6 Å². The average molecular weight is 477 g/mol. The van der Waals surface area contributed by atoms with E-state index in [-0.39, 0.29) is 5.91 Å². The molecule has 0 unspecified atom stereocenters. The van der Waals surface area contributed by atoms with E-state index < -0.39 is 0 Å². The number of anilines is 1. The molecule has 0 atom stereocenters. The van der Waals surface area contributed by atoms with E-state index in [9.17, 15) is 4.79 Å². The molecule has 0 saturated heterocycles. The van der Waals surface area contributed by atoms with Gasteiger partial charge in [0.1, 0.15) is 0 Å². The SMILES string of the molecule is CC(C)CCCn1nc(NC(=O)c2cccnc2)c2cc(Br)c(-c3cc[c]cc3)nc21. The van der Waals surface area contributed by atoms with Crippen LogP contribution in [-0.2, 0) is 6.54 Å². The molecule has 1 amide bonds. The molecule has 7 heteroatoms. The molecule has 1 aromatic carbocycles. The first kappa shape index (κ1) is 21.2. The molecule has 0 aliphatic heterocycles. The molecule has 1 N–H and O–H groups in total. The lowest BCUT2D eigenvalue weighted by molar-refractivity contribution is 0.102. The first-order valence-corrected chi connectivity index (χ1v) is 11.1. The summed E-state index contributed by atoms with van der Waals surface area (Å²) in [5.74, 6) is 0.861. The Balaban J connectivity index is 1.75. The van der Waals surface area contributed by atoms with Gasteiger partial charge in [-0.2, -0.15) is 5.10 Å². The fraction of sp³-hybridized carbons (Fsp3) is 0.250. The standard InChI is InChI=1S/C24H23BrN5O/c1-16(2)8-7-13-30-23-19(14-20(25)21(27-23)17-9-4-3-5-10-17)22(29-30)28-24(31)18-11-6-12-26-15-18/h4-6,9-12,14-16H,7-8,13H2,1-2H3,(H,28,29,31). The molecule has 1 radical (unpaired) electrons. The number of nitrogens with zero attached hydrogens (tertiary/aromatic N) is 4. The Kier molecular flexibility index (Phi) is 6.42. The van der Waals surface area contributed by atoms with E-state index in [0.717, 1.165) is 46.1 Å². The van der Waals surface area contributed by atoms with Crippen LogP contribution in [-0.4, -0.2) is 25.7 Å². The van der Waals surface area contributed by atoms with Crippen molar-refractivity contribution in [2.45, 2.75) is 33.2 Å². The van der Waals surface area contributed by atoms with Gasteiger partial charge in [-0.25, -0.2) is 9.67 Å². The minimum Gasteiger partial charge on any atom is -0.304 e. The van der Waals surface area contributed by atoms with Crippen LogP contribution in [0.1, 0.15) is 37.0 Å². The Labute approximate surface area is 189 Å². The topological polar surface area (TPSA) is 72.7 Å². The van der Waals surface area contributed by atoms with Crippen LogP contribution >= 0.6 is 15.9 Å². The number of hydrogen-bond donors (Lipinski definition) is 1. The van der Waals surface area contributed by atoms with Crippen molar-refractivity contribution in [3.8, 4) is 11.3 Å². The van der Waals surface area contributed by atoms with E-state index in [1.807, 2.05) is 35.0 Å². The van der Waals surface area contributed by atoms with Crippen molar-refractivity contribution in [3.63, 3.8) is 0 Å². The molecular formula is C24H23BrN5O. The number of aromatic nitrogens is 4. The van der Waals surface area contributed by atoms with E-state index >= 15 is 0 Å². The van der Waals surface area contributed by atoms with Crippen LogP contribution < -0.4 is 5.32 Å². The molecule has 31 heavy (non-hydrogen) atoms. The van der Waals surface area contributed by atoms with Crippen LogP contribution in [0.15, 0.2) is 59.3 Å². The third-order valence-electron chi connectivity index (χ3n) is 4.97. The number of pyridine rings is 2. The van der Waals surface area contributed by atoms with Gasteiger partial charge in [-0.3, -0.25) is 9.78 Å². The van der Waals surface area contributed by atoms with E-state index in [4.69, 9.17) is 10.1 Å². The number of rotatable bonds is 7. The quantitative estimate of drug-likeness (QED) is 0.368. The van der Waals surface area contributed by atoms with Crippen molar-refractivity contribution in [1.82, 2.24) is 19.7 Å². The highest BCUT2D eigenvalue weighted by atomic mass is 79.9. The molecule has 0 spiro atoms. The highest BCUT2D eigenvalue weighted by molar-refractivity contribution is 9.10. The molecule has 0 bridgehead atoms. The van der Waals surface area contributed by atoms with Crippen molar-refractivity contribution < 1.29 is 4.79 Å². The van der Waals surface area contributed by atoms with E-state index in [1.54, 1.807) is 18.3 Å². The number of nitrogens with one attached hydrogen (secondary N) is 1. The highest BCUT2D eigenvalue weighted by Gasteiger charge is 2.18.